The third-order valence-electron chi connectivity index (χ3n) is 4.40. The normalized spacial score (nSPS) is 11.4. The largest absolute Gasteiger partial charge is 0.495 e. The van der Waals surface area contributed by atoms with Gasteiger partial charge in [0, 0.05) is 24.3 Å². The molecule has 0 fully saturated rings. The molecular weight excluding hydrogens is 364 g/mol. The van der Waals surface area contributed by atoms with Crippen molar-refractivity contribution < 1.29 is 17.9 Å². The summed E-state index contributed by atoms with van der Waals surface area (Å²) in [5, 5.41) is 2.86. The Morgan fingerprint density at radius 2 is 1.74 bits per heavy atom. The van der Waals surface area contributed by atoms with E-state index < -0.39 is 10.0 Å². The first kappa shape index (κ1) is 20.9. The van der Waals surface area contributed by atoms with E-state index in [0.29, 0.717) is 18.8 Å². The Morgan fingerprint density at radius 1 is 1.07 bits per heavy atom. The van der Waals surface area contributed by atoms with Gasteiger partial charge in [-0.05, 0) is 36.2 Å². The number of aryl methyl sites for hydroxylation is 1. The summed E-state index contributed by atoms with van der Waals surface area (Å²) in [4.78, 5) is 12.7. The number of carbonyl (C=O) groups is 1. The highest BCUT2D eigenvalue weighted by atomic mass is 32.2. The van der Waals surface area contributed by atoms with Gasteiger partial charge in [0.2, 0.25) is 10.0 Å². The highest BCUT2D eigenvalue weighted by molar-refractivity contribution is 7.89. The number of anilines is 1. The van der Waals surface area contributed by atoms with E-state index in [-0.39, 0.29) is 22.1 Å². The number of benzene rings is 2. The van der Waals surface area contributed by atoms with Crippen LogP contribution in [0.1, 0.15) is 36.7 Å². The van der Waals surface area contributed by atoms with Crippen LogP contribution >= 0.6 is 0 Å². The predicted octanol–water partition coefficient (Wildman–Crippen LogP) is 3.54. The molecule has 1 amide bonds. The van der Waals surface area contributed by atoms with Gasteiger partial charge in [0.25, 0.3) is 5.91 Å². The molecule has 0 bridgehead atoms. The van der Waals surface area contributed by atoms with Crippen molar-refractivity contribution in [3.8, 4) is 5.75 Å². The molecule has 0 atom stereocenters. The molecule has 2 aromatic carbocycles. The van der Waals surface area contributed by atoms with E-state index in [2.05, 4.69) is 5.32 Å². The highest BCUT2D eigenvalue weighted by Gasteiger charge is 2.26. The first-order valence-corrected chi connectivity index (χ1v) is 10.4. The first-order chi connectivity index (χ1) is 12.9. The fraction of sp³-hybridized carbons (Fsp3) is 0.350. The van der Waals surface area contributed by atoms with Crippen molar-refractivity contribution in [2.75, 3.05) is 25.5 Å². The fourth-order valence-electron chi connectivity index (χ4n) is 2.87. The minimum atomic E-state index is -3.76. The number of hydrogen-bond acceptors (Lipinski definition) is 4. The predicted molar refractivity (Wildman–Crippen MR) is 107 cm³/mol. The molecule has 0 aliphatic heterocycles. The van der Waals surface area contributed by atoms with E-state index in [1.165, 1.54) is 23.5 Å². The number of sulfonamides is 1. The second-order valence-electron chi connectivity index (χ2n) is 5.92. The number of carbonyl (C=O) groups excluding carboxylic acids is 1. The van der Waals surface area contributed by atoms with Crippen LogP contribution in [0.4, 0.5) is 5.69 Å². The third-order valence-corrected chi connectivity index (χ3v) is 6.47. The molecule has 2 aromatic rings. The topological polar surface area (TPSA) is 75.7 Å². The Hall–Kier alpha value is -2.38. The van der Waals surface area contributed by atoms with Crippen molar-refractivity contribution in [1.82, 2.24) is 4.31 Å². The van der Waals surface area contributed by atoms with Crippen LogP contribution in [0.25, 0.3) is 0 Å². The molecule has 0 saturated carbocycles. The molecule has 0 unspecified atom stereocenters. The molecule has 6 nitrogen and oxygen atoms in total. The zero-order chi connectivity index (χ0) is 20.0. The Balaban J connectivity index is 2.43. The SMILES string of the molecule is CCc1ccccc1NC(=O)c1ccc(OC)c(S(=O)(=O)N(CC)CC)c1. The molecule has 7 heteroatoms. The molecule has 0 radical (unpaired) electrons. The van der Waals surface area contributed by atoms with Gasteiger partial charge in [-0.15, -0.1) is 0 Å². The Labute approximate surface area is 161 Å². The number of rotatable bonds is 8. The van der Waals surface area contributed by atoms with Crippen LogP contribution in [0.15, 0.2) is 47.4 Å². The maximum absolute atomic E-state index is 12.9. The fourth-order valence-corrected chi connectivity index (χ4v) is 4.51. The molecule has 146 valence electrons. The van der Waals surface area contributed by atoms with Crippen LogP contribution < -0.4 is 10.1 Å². The lowest BCUT2D eigenvalue weighted by atomic mass is 10.1. The number of hydrogen-bond donors (Lipinski definition) is 1. The van der Waals surface area contributed by atoms with Gasteiger partial charge in [-0.2, -0.15) is 4.31 Å². The number of ether oxygens (including phenoxy) is 1. The van der Waals surface area contributed by atoms with Crippen molar-refractivity contribution in [3.63, 3.8) is 0 Å². The minimum Gasteiger partial charge on any atom is -0.495 e. The molecule has 1 N–H and O–H groups in total. The highest BCUT2D eigenvalue weighted by Crippen LogP contribution is 2.28. The average Bonchev–Trinajstić information content (AvgIpc) is 2.68. The molecule has 0 aliphatic carbocycles. The van der Waals surface area contributed by atoms with E-state index >= 15 is 0 Å². The van der Waals surface area contributed by atoms with Crippen molar-refractivity contribution >= 4 is 21.6 Å². The summed E-state index contributed by atoms with van der Waals surface area (Å²) in [6.45, 7) is 6.22. The lowest BCUT2D eigenvalue weighted by Crippen LogP contribution is -2.31. The quantitative estimate of drug-likeness (QED) is 0.748. The van der Waals surface area contributed by atoms with Crippen LogP contribution in [0.2, 0.25) is 0 Å². The van der Waals surface area contributed by atoms with Crippen LogP contribution in [-0.2, 0) is 16.4 Å². The number of para-hydroxylation sites is 1. The Kier molecular flexibility index (Phi) is 6.98. The van der Waals surface area contributed by atoms with Crippen molar-refractivity contribution in [2.24, 2.45) is 0 Å². The van der Waals surface area contributed by atoms with E-state index in [1.807, 2.05) is 31.2 Å². The summed E-state index contributed by atoms with van der Waals surface area (Å²) in [6.07, 6.45) is 0.778. The third kappa shape index (κ3) is 4.48. The molecule has 0 saturated heterocycles. The lowest BCUT2D eigenvalue weighted by molar-refractivity contribution is 0.102. The molecule has 0 heterocycles. The number of nitrogens with zero attached hydrogens (tertiary/aromatic N) is 1. The molecule has 0 aromatic heterocycles. The van der Waals surface area contributed by atoms with Gasteiger partial charge < -0.3 is 10.1 Å². The van der Waals surface area contributed by atoms with E-state index in [9.17, 15) is 13.2 Å². The van der Waals surface area contributed by atoms with Crippen LogP contribution in [0.3, 0.4) is 0 Å². The molecular formula is C20H26N2O4S. The summed E-state index contributed by atoms with van der Waals surface area (Å²) in [6, 6.07) is 12.0. The van der Waals surface area contributed by atoms with Crippen molar-refractivity contribution in [3.05, 3.63) is 53.6 Å². The first-order valence-electron chi connectivity index (χ1n) is 8.96. The zero-order valence-corrected chi connectivity index (χ0v) is 17.0. The van der Waals surface area contributed by atoms with Gasteiger partial charge in [0.05, 0.1) is 7.11 Å². The molecule has 0 aliphatic rings. The van der Waals surface area contributed by atoms with Gasteiger partial charge in [0.15, 0.2) is 0 Å². The van der Waals surface area contributed by atoms with Crippen molar-refractivity contribution in [2.45, 2.75) is 32.1 Å². The second-order valence-corrected chi connectivity index (χ2v) is 7.83. The van der Waals surface area contributed by atoms with Crippen LogP contribution in [-0.4, -0.2) is 38.8 Å². The standard InChI is InChI=1S/C20H26N2O4S/c1-5-15-10-8-9-11-17(15)21-20(23)16-12-13-18(26-4)19(14-16)27(24,25)22(6-2)7-3/h8-14H,5-7H2,1-4H3,(H,21,23). The summed E-state index contributed by atoms with van der Waals surface area (Å²) in [7, 11) is -2.35. The summed E-state index contributed by atoms with van der Waals surface area (Å²) < 4.78 is 32.4. The van der Waals surface area contributed by atoms with Gasteiger partial charge in [0.1, 0.15) is 10.6 Å². The minimum absolute atomic E-state index is 0.00914. The van der Waals surface area contributed by atoms with Gasteiger partial charge in [-0.1, -0.05) is 39.0 Å². The maximum atomic E-state index is 12.9. The van der Waals surface area contributed by atoms with Gasteiger partial charge >= 0.3 is 0 Å². The smallest absolute Gasteiger partial charge is 0.255 e. The second kappa shape index (κ2) is 9.01. The maximum Gasteiger partial charge on any atom is 0.255 e. The summed E-state index contributed by atoms with van der Waals surface area (Å²) in [5.74, 6) is -0.151. The summed E-state index contributed by atoms with van der Waals surface area (Å²) >= 11 is 0. The lowest BCUT2D eigenvalue weighted by Gasteiger charge is -2.20. The molecule has 2 rings (SSSR count). The van der Waals surface area contributed by atoms with Crippen LogP contribution in [0, 0.1) is 0 Å². The number of amides is 1. The van der Waals surface area contributed by atoms with E-state index in [1.54, 1.807) is 19.9 Å². The van der Waals surface area contributed by atoms with E-state index in [0.717, 1.165) is 12.0 Å². The van der Waals surface area contributed by atoms with Crippen LogP contribution in [0.5, 0.6) is 5.75 Å². The molecule has 27 heavy (non-hydrogen) atoms. The van der Waals surface area contributed by atoms with Gasteiger partial charge in [-0.25, -0.2) is 8.42 Å². The zero-order valence-electron chi connectivity index (χ0n) is 16.2. The average molecular weight is 391 g/mol. The Morgan fingerprint density at radius 3 is 2.33 bits per heavy atom. The van der Waals surface area contributed by atoms with E-state index in [4.69, 9.17) is 4.74 Å². The molecule has 0 spiro atoms. The number of methoxy groups -OCH3 is 1. The Bertz CT molecular complexity index is 906. The summed E-state index contributed by atoms with van der Waals surface area (Å²) in [5.41, 5.74) is 1.98. The van der Waals surface area contributed by atoms with Crippen molar-refractivity contribution in [1.29, 1.82) is 0 Å². The monoisotopic (exact) mass is 390 g/mol. The van der Waals surface area contributed by atoms with Gasteiger partial charge in [-0.3, -0.25) is 4.79 Å². The number of nitrogens with one attached hydrogen (secondary N) is 1.